The molecule has 130 valence electrons. The van der Waals surface area contributed by atoms with Gasteiger partial charge in [0.15, 0.2) is 0 Å². The average molecular weight is 526 g/mol. The minimum Gasteiger partial charge on any atom is -0.493 e. The molecule has 0 aliphatic carbocycles. The Hall–Kier alpha value is -0.660. The molecular formula is C17H17Br3FNO2. The van der Waals surface area contributed by atoms with E-state index in [-0.39, 0.29) is 11.3 Å². The van der Waals surface area contributed by atoms with E-state index in [0.717, 1.165) is 25.7 Å². The number of aromatic amines is 1. The quantitative estimate of drug-likeness (QED) is 0.310. The third-order valence-electron chi connectivity index (χ3n) is 3.51. The smallest absolute Gasteiger partial charge is 0.214 e. The number of ketones is 1. The highest BCUT2D eigenvalue weighted by molar-refractivity contribution is 9.14. The molecule has 0 radical (unpaired) electrons. The van der Waals surface area contributed by atoms with Crippen LogP contribution in [-0.4, -0.2) is 17.4 Å². The van der Waals surface area contributed by atoms with Crippen molar-refractivity contribution in [3.63, 3.8) is 0 Å². The second-order valence-electron chi connectivity index (χ2n) is 5.32. The molecule has 1 heterocycles. The Morgan fingerprint density at radius 1 is 1.17 bits per heavy atom. The molecule has 7 heteroatoms. The Labute approximate surface area is 165 Å². The van der Waals surface area contributed by atoms with E-state index in [1.54, 1.807) is 0 Å². The Morgan fingerprint density at radius 3 is 2.54 bits per heavy atom. The number of benzene rings is 1. The van der Waals surface area contributed by atoms with Gasteiger partial charge in [0.2, 0.25) is 5.78 Å². The molecular weight excluding hydrogens is 509 g/mol. The summed E-state index contributed by atoms with van der Waals surface area (Å²) in [5, 5.41) is 0. The molecule has 0 atom stereocenters. The van der Waals surface area contributed by atoms with Crippen molar-refractivity contribution in [3.8, 4) is 5.75 Å². The van der Waals surface area contributed by atoms with Crippen LogP contribution in [0.3, 0.4) is 0 Å². The van der Waals surface area contributed by atoms with E-state index >= 15 is 0 Å². The van der Waals surface area contributed by atoms with Crippen LogP contribution in [0.1, 0.15) is 48.7 Å². The normalized spacial score (nSPS) is 10.9. The minimum absolute atomic E-state index is 0.201. The van der Waals surface area contributed by atoms with Gasteiger partial charge in [-0.25, -0.2) is 4.39 Å². The van der Waals surface area contributed by atoms with Gasteiger partial charge in [0, 0.05) is 0 Å². The van der Waals surface area contributed by atoms with Crippen LogP contribution in [0.15, 0.2) is 31.7 Å². The molecule has 1 aromatic heterocycles. The molecule has 0 spiro atoms. The first-order chi connectivity index (χ1) is 11.5. The first kappa shape index (κ1) is 19.7. The lowest BCUT2D eigenvalue weighted by Crippen LogP contribution is -2.08. The number of hydrogen-bond donors (Lipinski definition) is 1. The molecule has 2 aromatic rings. The van der Waals surface area contributed by atoms with Crippen molar-refractivity contribution in [1.82, 2.24) is 4.98 Å². The zero-order valence-corrected chi connectivity index (χ0v) is 17.9. The fraction of sp³-hybridized carbons (Fsp3) is 0.353. The standard InChI is InChI=1S/C17H17Br3FNO2/c1-2-3-4-5-8-24-12-7-6-10(21)9-11(12)16(23)15-13(18)14(19)17(20)22-15/h6-7,9,22H,2-5,8H2,1H3. The number of halogens is 4. The molecule has 3 nitrogen and oxygen atoms in total. The number of ether oxygens (including phenoxy) is 1. The lowest BCUT2D eigenvalue weighted by molar-refractivity contribution is 0.102. The third-order valence-corrected chi connectivity index (χ3v) is 6.75. The fourth-order valence-electron chi connectivity index (χ4n) is 2.23. The Balaban J connectivity index is 2.23. The van der Waals surface area contributed by atoms with E-state index in [4.69, 9.17) is 4.74 Å². The maximum atomic E-state index is 13.6. The summed E-state index contributed by atoms with van der Waals surface area (Å²) in [6.07, 6.45) is 4.27. The maximum Gasteiger partial charge on any atom is 0.214 e. The van der Waals surface area contributed by atoms with Gasteiger partial charge < -0.3 is 9.72 Å². The third kappa shape index (κ3) is 4.70. The number of rotatable bonds is 8. The molecule has 0 saturated heterocycles. The molecule has 0 bridgehead atoms. The predicted octanol–water partition coefficient (Wildman–Crippen LogP) is 6.63. The number of hydrogen-bond acceptors (Lipinski definition) is 2. The SMILES string of the molecule is CCCCCCOc1ccc(F)cc1C(=O)c1[nH]c(Br)c(Br)c1Br. The van der Waals surface area contributed by atoms with E-state index in [1.807, 2.05) is 0 Å². The van der Waals surface area contributed by atoms with Crippen molar-refractivity contribution in [2.75, 3.05) is 6.61 Å². The van der Waals surface area contributed by atoms with Crippen LogP contribution in [0.25, 0.3) is 0 Å². The summed E-state index contributed by atoms with van der Waals surface area (Å²) in [7, 11) is 0. The summed E-state index contributed by atoms with van der Waals surface area (Å²) in [5.41, 5.74) is 0.530. The Kier molecular flexibility index (Phi) is 7.50. The summed E-state index contributed by atoms with van der Waals surface area (Å²) < 4.78 is 21.3. The van der Waals surface area contributed by atoms with Gasteiger partial charge in [-0.1, -0.05) is 26.2 Å². The molecule has 0 aliphatic heterocycles. The summed E-state index contributed by atoms with van der Waals surface area (Å²) >= 11 is 10.0. The van der Waals surface area contributed by atoms with Gasteiger partial charge in [-0.3, -0.25) is 4.79 Å². The van der Waals surface area contributed by atoms with E-state index in [0.29, 0.717) is 31.6 Å². The Morgan fingerprint density at radius 2 is 1.92 bits per heavy atom. The first-order valence-electron chi connectivity index (χ1n) is 7.65. The first-order valence-corrected chi connectivity index (χ1v) is 10.0. The lowest BCUT2D eigenvalue weighted by atomic mass is 10.1. The molecule has 2 rings (SSSR count). The molecule has 0 unspecified atom stereocenters. The summed E-state index contributed by atoms with van der Waals surface area (Å²) in [5.74, 6) is -0.416. The highest BCUT2D eigenvalue weighted by Gasteiger charge is 2.22. The van der Waals surface area contributed by atoms with Crippen LogP contribution in [-0.2, 0) is 0 Å². The molecule has 0 fully saturated rings. The summed E-state index contributed by atoms with van der Waals surface area (Å²) in [6.45, 7) is 2.65. The molecule has 0 amide bonds. The largest absolute Gasteiger partial charge is 0.493 e. The van der Waals surface area contributed by atoms with Gasteiger partial charge in [-0.2, -0.15) is 0 Å². The van der Waals surface area contributed by atoms with Crippen molar-refractivity contribution in [3.05, 3.63) is 48.8 Å². The number of carbonyl (C=O) groups excluding carboxylic acids is 1. The molecule has 1 aromatic carbocycles. The van der Waals surface area contributed by atoms with E-state index in [2.05, 4.69) is 59.7 Å². The molecule has 1 N–H and O–H groups in total. The van der Waals surface area contributed by atoms with Crippen LogP contribution in [0, 0.1) is 5.82 Å². The number of unbranched alkanes of at least 4 members (excludes halogenated alkanes) is 3. The van der Waals surface area contributed by atoms with E-state index < -0.39 is 5.82 Å². The van der Waals surface area contributed by atoms with Crippen LogP contribution < -0.4 is 4.74 Å². The number of H-pyrrole nitrogens is 1. The van der Waals surface area contributed by atoms with Crippen LogP contribution in [0.4, 0.5) is 4.39 Å². The van der Waals surface area contributed by atoms with Gasteiger partial charge in [-0.15, -0.1) is 0 Å². The van der Waals surface area contributed by atoms with Crippen molar-refractivity contribution in [2.45, 2.75) is 32.6 Å². The van der Waals surface area contributed by atoms with E-state index in [1.165, 1.54) is 18.2 Å². The minimum atomic E-state index is -0.475. The van der Waals surface area contributed by atoms with Crippen LogP contribution >= 0.6 is 47.8 Å². The lowest BCUT2D eigenvalue weighted by Gasteiger charge is -2.11. The molecule has 0 aliphatic rings. The highest BCUT2D eigenvalue weighted by atomic mass is 79.9. The van der Waals surface area contributed by atoms with Crippen molar-refractivity contribution < 1.29 is 13.9 Å². The average Bonchev–Trinajstić information content (AvgIpc) is 2.82. The summed E-state index contributed by atoms with van der Waals surface area (Å²) in [4.78, 5) is 15.7. The van der Waals surface area contributed by atoms with Crippen molar-refractivity contribution in [1.29, 1.82) is 0 Å². The fourth-order valence-corrected chi connectivity index (χ4v) is 3.67. The second kappa shape index (κ2) is 9.15. The zero-order chi connectivity index (χ0) is 17.7. The number of nitrogens with one attached hydrogen (secondary N) is 1. The second-order valence-corrected chi connectivity index (χ2v) is 7.70. The number of carbonyl (C=O) groups is 1. The number of aromatic nitrogens is 1. The highest BCUT2D eigenvalue weighted by Crippen LogP contribution is 2.36. The van der Waals surface area contributed by atoms with Gasteiger partial charge in [0.1, 0.15) is 17.3 Å². The molecule has 24 heavy (non-hydrogen) atoms. The monoisotopic (exact) mass is 523 g/mol. The van der Waals surface area contributed by atoms with Crippen molar-refractivity contribution >= 4 is 53.6 Å². The van der Waals surface area contributed by atoms with E-state index in [9.17, 15) is 9.18 Å². The van der Waals surface area contributed by atoms with Gasteiger partial charge in [0.25, 0.3) is 0 Å². The molecule has 0 saturated carbocycles. The van der Waals surface area contributed by atoms with Gasteiger partial charge >= 0.3 is 0 Å². The summed E-state index contributed by atoms with van der Waals surface area (Å²) in [6, 6.07) is 4.01. The van der Waals surface area contributed by atoms with Gasteiger partial charge in [-0.05, 0) is 72.4 Å². The Bertz CT molecular complexity index is 731. The maximum absolute atomic E-state index is 13.6. The topological polar surface area (TPSA) is 42.1 Å². The van der Waals surface area contributed by atoms with Gasteiger partial charge in [0.05, 0.1) is 25.7 Å². The van der Waals surface area contributed by atoms with Crippen LogP contribution in [0.5, 0.6) is 5.75 Å². The van der Waals surface area contributed by atoms with Crippen molar-refractivity contribution in [2.24, 2.45) is 0 Å². The zero-order valence-electron chi connectivity index (χ0n) is 13.1. The predicted molar refractivity (Wildman–Crippen MR) is 103 cm³/mol. The van der Waals surface area contributed by atoms with Crippen LogP contribution in [0.2, 0.25) is 0 Å².